The van der Waals surface area contributed by atoms with E-state index in [2.05, 4.69) is 0 Å². The van der Waals surface area contributed by atoms with E-state index in [1.807, 2.05) is 6.92 Å². The third-order valence-corrected chi connectivity index (χ3v) is 3.96. The number of non-ortho nitro benzene ring substituents is 1. The van der Waals surface area contributed by atoms with Gasteiger partial charge < -0.3 is 4.74 Å². The van der Waals surface area contributed by atoms with Gasteiger partial charge in [-0.15, -0.1) is 0 Å². The molecule has 1 aliphatic rings. The summed E-state index contributed by atoms with van der Waals surface area (Å²) in [5, 5.41) is 10.8. The number of hydrogen-bond donors (Lipinski definition) is 0. The zero-order valence-corrected chi connectivity index (χ0v) is 12.9. The van der Waals surface area contributed by atoms with Gasteiger partial charge in [0.15, 0.2) is 0 Å². The van der Waals surface area contributed by atoms with Crippen molar-refractivity contribution in [3.63, 3.8) is 0 Å². The highest BCUT2D eigenvalue weighted by atomic mass is 19.1. The van der Waals surface area contributed by atoms with Gasteiger partial charge in [0.25, 0.3) is 5.69 Å². The predicted octanol–water partition coefficient (Wildman–Crippen LogP) is 4.14. The summed E-state index contributed by atoms with van der Waals surface area (Å²) >= 11 is 0. The number of ether oxygens (including phenoxy) is 1. The maximum Gasteiger partial charge on any atom is 0.414 e. The summed E-state index contributed by atoms with van der Waals surface area (Å²) < 4.78 is 19.6. The topological polar surface area (TPSA) is 72.7 Å². The molecule has 6 nitrogen and oxygen atoms in total. The molecule has 0 bridgehead atoms. The molecule has 124 valence electrons. The number of benzene rings is 2. The number of carbonyl (C=O) groups is 1. The standard InChI is InChI=1S/C17H15FN2O4/c1-2-14-10-19(17(21)24-14)12-6-7-15(16(18)9-12)11-4-3-5-13(8-11)20(22)23/h3-9,14H,2,10H2,1H3. The number of carbonyl (C=O) groups excluding carboxylic acids is 1. The van der Waals surface area contributed by atoms with Crippen LogP contribution in [0.4, 0.5) is 20.6 Å². The fourth-order valence-electron chi connectivity index (χ4n) is 2.64. The van der Waals surface area contributed by atoms with Crippen molar-refractivity contribution in [2.24, 2.45) is 0 Å². The molecule has 1 aliphatic heterocycles. The van der Waals surface area contributed by atoms with Gasteiger partial charge in [-0.05, 0) is 30.2 Å². The fraction of sp³-hybridized carbons (Fsp3) is 0.235. The van der Waals surface area contributed by atoms with Crippen LogP contribution >= 0.6 is 0 Å². The van der Waals surface area contributed by atoms with Gasteiger partial charge in [0.2, 0.25) is 0 Å². The number of anilines is 1. The van der Waals surface area contributed by atoms with Crippen molar-refractivity contribution in [1.29, 1.82) is 0 Å². The van der Waals surface area contributed by atoms with Crippen LogP contribution in [0, 0.1) is 15.9 Å². The van der Waals surface area contributed by atoms with E-state index in [0.717, 1.165) is 0 Å². The van der Waals surface area contributed by atoms with Gasteiger partial charge in [0.05, 0.1) is 17.2 Å². The van der Waals surface area contributed by atoms with E-state index in [0.29, 0.717) is 24.2 Å². The molecule has 1 saturated heterocycles. The first-order valence-electron chi connectivity index (χ1n) is 7.52. The van der Waals surface area contributed by atoms with E-state index < -0.39 is 16.8 Å². The molecule has 2 aromatic rings. The van der Waals surface area contributed by atoms with Crippen molar-refractivity contribution in [1.82, 2.24) is 0 Å². The van der Waals surface area contributed by atoms with Crippen LogP contribution in [-0.2, 0) is 4.74 Å². The monoisotopic (exact) mass is 330 g/mol. The third kappa shape index (κ3) is 2.92. The van der Waals surface area contributed by atoms with Crippen molar-refractivity contribution in [2.45, 2.75) is 19.4 Å². The number of rotatable bonds is 4. The van der Waals surface area contributed by atoms with Crippen molar-refractivity contribution >= 4 is 17.5 Å². The molecule has 1 heterocycles. The van der Waals surface area contributed by atoms with E-state index >= 15 is 0 Å². The molecule has 3 rings (SSSR count). The lowest BCUT2D eigenvalue weighted by molar-refractivity contribution is -0.384. The average Bonchev–Trinajstić information content (AvgIpc) is 2.96. The quantitative estimate of drug-likeness (QED) is 0.624. The van der Waals surface area contributed by atoms with Gasteiger partial charge in [-0.1, -0.05) is 19.1 Å². The van der Waals surface area contributed by atoms with Gasteiger partial charge in [0, 0.05) is 17.7 Å². The van der Waals surface area contributed by atoms with Gasteiger partial charge in [-0.3, -0.25) is 15.0 Å². The second kappa shape index (κ2) is 6.27. The normalized spacial score (nSPS) is 17.0. The molecule has 0 aromatic heterocycles. The van der Waals surface area contributed by atoms with Crippen LogP contribution in [0.5, 0.6) is 0 Å². The summed E-state index contributed by atoms with van der Waals surface area (Å²) in [6, 6.07) is 10.1. The van der Waals surface area contributed by atoms with Gasteiger partial charge in [-0.2, -0.15) is 0 Å². The molecule has 1 amide bonds. The summed E-state index contributed by atoms with van der Waals surface area (Å²) in [4.78, 5) is 23.5. The second-order valence-electron chi connectivity index (χ2n) is 5.50. The highest BCUT2D eigenvalue weighted by molar-refractivity contribution is 5.90. The molecule has 1 atom stereocenters. The molecule has 0 saturated carbocycles. The van der Waals surface area contributed by atoms with Crippen molar-refractivity contribution in [2.75, 3.05) is 11.4 Å². The first-order chi connectivity index (χ1) is 11.5. The summed E-state index contributed by atoms with van der Waals surface area (Å²) in [6.07, 6.45) is -0.00222. The van der Waals surface area contributed by atoms with Crippen LogP contribution in [0.2, 0.25) is 0 Å². The Labute approximate surface area is 137 Å². The zero-order chi connectivity index (χ0) is 17.3. The first-order valence-corrected chi connectivity index (χ1v) is 7.52. The second-order valence-corrected chi connectivity index (χ2v) is 5.50. The molecule has 0 radical (unpaired) electrons. The van der Waals surface area contributed by atoms with Gasteiger partial charge >= 0.3 is 6.09 Å². The van der Waals surface area contributed by atoms with Crippen LogP contribution in [0.3, 0.4) is 0 Å². The van der Waals surface area contributed by atoms with Crippen molar-refractivity contribution < 1.29 is 18.8 Å². The molecule has 0 aliphatic carbocycles. The maximum absolute atomic E-state index is 14.5. The Kier molecular flexibility index (Phi) is 4.16. The molecule has 24 heavy (non-hydrogen) atoms. The lowest BCUT2D eigenvalue weighted by Crippen LogP contribution is -2.24. The highest BCUT2D eigenvalue weighted by Gasteiger charge is 2.31. The van der Waals surface area contributed by atoms with Gasteiger partial charge in [-0.25, -0.2) is 9.18 Å². The first kappa shape index (κ1) is 15.9. The molecule has 7 heteroatoms. The van der Waals surface area contributed by atoms with E-state index in [-0.39, 0.29) is 17.4 Å². The number of hydrogen-bond acceptors (Lipinski definition) is 4. The Hall–Kier alpha value is -2.96. The van der Waals surface area contributed by atoms with Gasteiger partial charge in [0.1, 0.15) is 11.9 Å². The molecule has 0 N–H and O–H groups in total. The average molecular weight is 330 g/mol. The molecule has 0 spiro atoms. The number of nitro groups is 1. The Morgan fingerprint density at radius 2 is 2.12 bits per heavy atom. The minimum atomic E-state index is -0.555. The van der Waals surface area contributed by atoms with E-state index in [1.165, 1.54) is 35.2 Å². The minimum absolute atomic E-state index is 0.107. The van der Waals surface area contributed by atoms with E-state index in [9.17, 15) is 19.3 Å². The Balaban J connectivity index is 1.92. The Bertz CT molecular complexity index is 809. The number of nitrogens with zero attached hydrogens (tertiary/aromatic N) is 2. The summed E-state index contributed by atoms with van der Waals surface area (Å²) in [6.45, 7) is 2.29. The van der Waals surface area contributed by atoms with Crippen LogP contribution in [0.25, 0.3) is 11.1 Å². The zero-order valence-electron chi connectivity index (χ0n) is 12.9. The number of halogens is 1. The summed E-state index contributed by atoms with van der Waals surface area (Å²) in [5.74, 6) is -0.555. The van der Waals surface area contributed by atoms with Crippen LogP contribution in [0.1, 0.15) is 13.3 Å². The minimum Gasteiger partial charge on any atom is -0.444 e. The van der Waals surface area contributed by atoms with Crippen molar-refractivity contribution in [3.05, 3.63) is 58.4 Å². The third-order valence-electron chi connectivity index (χ3n) is 3.96. The Morgan fingerprint density at radius 1 is 1.33 bits per heavy atom. The fourth-order valence-corrected chi connectivity index (χ4v) is 2.64. The number of nitro benzene ring substituents is 1. The molecular formula is C17H15FN2O4. The number of cyclic esters (lactones) is 1. The van der Waals surface area contributed by atoms with E-state index in [4.69, 9.17) is 4.74 Å². The predicted molar refractivity (Wildman–Crippen MR) is 86.4 cm³/mol. The SMILES string of the molecule is CCC1CN(c2ccc(-c3cccc([N+](=O)[O-])c3)c(F)c2)C(=O)O1. The molecular weight excluding hydrogens is 315 g/mol. The van der Waals surface area contributed by atoms with Crippen LogP contribution in [-0.4, -0.2) is 23.7 Å². The highest BCUT2D eigenvalue weighted by Crippen LogP contribution is 2.30. The molecule has 1 unspecified atom stereocenters. The number of amides is 1. The maximum atomic E-state index is 14.5. The smallest absolute Gasteiger partial charge is 0.414 e. The molecule has 2 aromatic carbocycles. The molecule has 1 fully saturated rings. The lowest BCUT2D eigenvalue weighted by Gasteiger charge is -2.14. The lowest BCUT2D eigenvalue weighted by atomic mass is 10.0. The Morgan fingerprint density at radius 3 is 2.75 bits per heavy atom. The summed E-state index contributed by atoms with van der Waals surface area (Å²) in [5.41, 5.74) is 0.943. The largest absolute Gasteiger partial charge is 0.444 e. The van der Waals surface area contributed by atoms with Crippen LogP contribution < -0.4 is 4.90 Å². The summed E-state index contributed by atoms with van der Waals surface area (Å²) in [7, 11) is 0. The van der Waals surface area contributed by atoms with E-state index in [1.54, 1.807) is 12.1 Å². The van der Waals surface area contributed by atoms with Crippen LogP contribution in [0.15, 0.2) is 42.5 Å². The van der Waals surface area contributed by atoms with Crippen molar-refractivity contribution in [3.8, 4) is 11.1 Å².